The molecule has 0 aromatic carbocycles. The number of carbonyl (C=O) groups excluding carboxylic acids is 1. The molecule has 110 valence electrons. The van der Waals surface area contributed by atoms with Crippen molar-refractivity contribution in [2.45, 2.75) is 51.7 Å². The van der Waals surface area contributed by atoms with Gasteiger partial charge in [-0.25, -0.2) is 0 Å². The SMILES string of the molecule is CC(C)(C)c1ccc(C(=O)Cl)c(=O)n1CC1CCCO1. The smallest absolute Gasteiger partial charge is 0.263 e. The van der Waals surface area contributed by atoms with Crippen LogP contribution in [0.3, 0.4) is 0 Å². The number of ether oxygens (including phenoxy) is 1. The molecule has 0 bridgehead atoms. The maximum atomic E-state index is 12.5. The van der Waals surface area contributed by atoms with Crippen LogP contribution in [0, 0.1) is 0 Å². The Kier molecular flexibility index (Phi) is 4.35. The standard InChI is InChI=1S/C15H20ClNO3/c1-15(2,3)12-7-6-11(13(16)18)14(19)17(12)9-10-5-4-8-20-10/h6-7,10H,4-5,8-9H2,1-3H3. The van der Waals surface area contributed by atoms with Gasteiger partial charge in [0.2, 0.25) is 0 Å². The lowest BCUT2D eigenvalue weighted by molar-refractivity contribution is 0.0942. The lowest BCUT2D eigenvalue weighted by Crippen LogP contribution is -2.35. The zero-order valence-corrected chi connectivity index (χ0v) is 12.9. The molecule has 1 aromatic rings. The van der Waals surface area contributed by atoms with E-state index in [1.165, 1.54) is 6.07 Å². The third-order valence-electron chi connectivity index (χ3n) is 3.56. The molecule has 1 saturated heterocycles. The average Bonchev–Trinajstić information content (AvgIpc) is 2.82. The first kappa shape index (κ1) is 15.3. The monoisotopic (exact) mass is 297 g/mol. The summed E-state index contributed by atoms with van der Waals surface area (Å²) in [7, 11) is 0. The van der Waals surface area contributed by atoms with Gasteiger partial charge in [0.05, 0.1) is 18.2 Å². The van der Waals surface area contributed by atoms with E-state index in [0.29, 0.717) is 6.54 Å². The van der Waals surface area contributed by atoms with Crippen LogP contribution in [-0.4, -0.2) is 22.5 Å². The lowest BCUT2D eigenvalue weighted by atomic mass is 9.90. The molecule has 4 nitrogen and oxygen atoms in total. The van der Waals surface area contributed by atoms with Crippen LogP contribution in [-0.2, 0) is 16.7 Å². The third-order valence-corrected chi connectivity index (χ3v) is 3.77. The summed E-state index contributed by atoms with van der Waals surface area (Å²) in [6.45, 7) is 7.32. The summed E-state index contributed by atoms with van der Waals surface area (Å²) in [6.07, 6.45) is 1.99. The van der Waals surface area contributed by atoms with E-state index in [1.807, 2.05) is 26.8 Å². The molecular formula is C15H20ClNO3. The summed E-state index contributed by atoms with van der Waals surface area (Å²) in [6, 6.07) is 3.33. The van der Waals surface area contributed by atoms with Crippen molar-refractivity contribution in [1.29, 1.82) is 0 Å². The number of aromatic nitrogens is 1. The molecule has 5 heteroatoms. The van der Waals surface area contributed by atoms with Gasteiger partial charge in [0.15, 0.2) is 0 Å². The van der Waals surface area contributed by atoms with Gasteiger partial charge in [-0.15, -0.1) is 0 Å². The molecule has 1 aliphatic rings. The quantitative estimate of drug-likeness (QED) is 0.806. The van der Waals surface area contributed by atoms with Crippen LogP contribution in [0.2, 0.25) is 0 Å². The van der Waals surface area contributed by atoms with E-state index >= 15 is 0 Å². The van der Waals surface area contributed by atoms with Gasteiger partial charge in [0.25, 0.3) is 10.8 Å². The number of hydrogen-bond acceptors (Lipinski definition) is 3. The second-order valence-electron chi connectivity index (χ2n) is 6.21. The highest BCUT2D eigenvalue weighted by atomic mass is 35.5. The van der Waals surface area contributed by atoms with Crippen molar-refractivity contribution in [2.75, 3.05) is 6.61 Å². The average molecular weight is 298 g/mol. The second kappa shape index (κ2) is 5.70. The van der Waals surface area contributed by atoms with Crippen molar-refractivity contribution in [3.05, 3.63) is 33.7 Å². The molecule has 20 heavy (non-hydrogen) atoms. The normalized spacial score (nSPS) is 19.3. The van der Waals surface area contributed by atoms with E-state index in [0.717, 1.165) is 25.1 Å². The van der Waals surface area contributed by atoms with Gasteiger partial charge in [0, 0.05) is 17.7 Å². The summed E-state index contributed by atoms with van der Waals surface area (Å²) in [5.41, 5.74) is 0.399. The van der Waals surface area contributed by atoms with Crippen LogP contribution >= 0.6 is 11.6 Å². The highest BCUT2D eigenvalue weighted by Gasteiger charge is 2.25. The van der Waals surface area contributed by atoms with E-state index in [-0.39, 0.29) is 22.6 Å². The Morgan fingerprint density at radius 2 is 2.15 bits per heavy atom. The summed E-state index contributed by atoms with van der Waals surface area (Å²) in [5, 5.41) is -0.712. The van der Waals surface area contributed by atoms with E-state index in [9.17, 15) is 9.59 Å². The summed E-state index contributed by atoms with van der Waals surface area (Å²) in [4.78, 5) is 23.8. The number of halogens is 1. The Morgan fingerprint density at radius 1 is 1.45 bits per heavy atom. The molecule has 0 radical (unpaired) electrons. The predicted octanol–water partition coefficient (Wildman–Crippen LogP) is 2.70. The fraction of sp³-hybridized carbons (Fsp3) is 0.600. The summed E-state index contributed by atoms with van der Waals surface area (Å²) < 4.78 is 7.25. The minimum atomic E-state index is -0.712. The van der Waals surface area contributed by atoms with Crippen LogP contribution in [0.1, 0.15) is 49.7 Å². The van der Waals surface area contributed by atoms with Gasteiger partial charge in [0.1, 0.15) is 0 Å². The van der Waals surface area contributed by atoms with Gasteiger partial charge in [-0.3, -0.25) is 9.59 Å². The van der Waals surface area contributed by atoms with Gasteiger partial charge in [-0.2, -0.15) is 0 Å². The van der Waals surface area contributed by atoms with E-state index < -0.39 is 5.24 Å². The molecular weight excluding hydrogens is 278 g/mol. The highest BCUT2D eigenvalue weighted by molar-refractivity contribution is 6.67. The minimum Gasteiger partial charge on any atom is -0.376 e. The third kappa shape index (κ3) is 3.13. The van der Waals surface area contributed by atoms with Gasteiger partial charge in [-0.05, 0) is 36.6 Å². The topological polar surface area (TPSA) is 48.3 Å². The zero-order valence-electron chi connectivity index (χ0n) is 12.1. The molecule has 0 aliphatic carbocycles. The number of rotatable bonds is 3. The maximum absolute atomic E-state index is 12.5. The molecule has 2 rings (SSSR count). The second-order valence-corrected chi connectivity index (χ2v) is 6.55. The molecule has 1 unspecified atom stereocenters. The Balaban J connectivity index is 2.50. The number of carbonyl (C=O) groups is 1. The molecule has 1 fully saturated rings. The van der Waals surface area contributed by atoms with E-state index in [4.69, 9.17) is 16.3 Å². The van der Waals surface area contributed by atoms with E-state index in [2.05, 4.69) is 0 Å². The van der Waals surface area contributed by atoms with Crippen molar-refractivity contribution in [3.8, 4) is 0 Å². The van der Waals surface area contributed by atoms with Gasteiger partial charge in [-0.1, -0.05) is 20.8 Å². The summed E-state index contributed by atoms with van der Waals surface area (Å²) >= 11 is 5.48. The predicted molar refractivity (Wildman–Crippen MR) is 78.6 cm³/mol. The van der Waals surface area contributed by atoms with Crippen molar-refractivity contribution < 1.29 is 9.53 Å². The molecule has 0 amide bonds. The Labute approximate surface area is 123 Å². The minimum absolute atomic E-state index is 0.0256. The fourth-order valence-electron chi connectivity index (χ4n) is 2.56. The van der Waals surface area contributed by atoms with Crippen molar-refractivity contribution in [3.63, 3.8) is 0 Å². The van der Waals surface area contributed by atoms with E-state index in [1.54, 1.807) is 4.57 Å². The largest absolute Gasteiger partial charge is 0.376 e. The Bertz CT molecular complexity index is 565. The van der Waals surface area contributed by atoms with Crippen molar-refractivity contribution >= 4 is 16.8 Å². The first-order chi connectivity index (χ1) is 9.30. The molecule has 1 aliphatic heterocycles. The molecule has 0 saturated carbocycles. The van der Waals surface area contributed by atoms with Crippen molar-refractivity contribution in [2.24, 2.45) is 0 Å². The van der Waals surface area contributed by atoms with Crippen LogP contribution in [0.5, 0.6) is 0 Å². The first-order valence-corrected chi connectivity index (χ1v) is 7.24. The lowest BCUT2D eigenvalue weighted by Gasteiger charge is -2.26. The number of pyridine rings is 1. The highest BCUT2D eigenvalue weighted by Crippen LogP contribution is 2.23. The van der Waals surface area contributed by atoms with Gasteiger partial charge >= 0.3 is 0 Å². The molecule has 0 spiro atoms. The Morgan fingerprint density at radius 3 is 2.65 bits per heavy atom. The van der Waals surface area contributed by atoms with Crippen LogP contribution in [0.15, 0.2) is 16.9 Å². The van der Waals surface area contributed by atoms with Crippen molar-refractivity contribution in [1.82, 2.24) is 4.57 Å². The van der Waals surface area contributed by atoms with Gasteiger partial charge < -0.3 is 9.30 Å². The summed E-state index contributed by atoms with van der Waals surface area (Å²) in [5.74, 6) is 0. The number of hydrogen-bond donors (Lipinski definition) is 0. The molecule has 1 atom stereocenters. The Hall–Kier alpha value is -1.13. The van der Waals surface area contributed by atoms with Crippen LogP contribution in [0.4, 0.5) is 0 Å². The first-order valence-electron chi connectivity index (χ1n) is 6.86. The fourth-order valence-corrected chi connectivity index (χ4v) is 2.70. The molecule has 1 aromatic heterocycles. The van der Waals surface area contributed by atoms with Crippen LogP contribution in [0.25, 0.3) is 0 Å². The number of nitrogens with zero attached hydrogens (tertiary/aromatic N) is 1. The van der Waals surface area contributed by atoms with Crippen LogP contribution < -0.4 is 5.56 Å². The zero-order chi connectivity index (χ0) is 14.9. The molecule has 2 heterocycles. The maximum Gasteiger partial charge on any atom is 0.263 e. The molecule has 0 N–H and O–H groups in total.